The van der Waals surface area contributed by atoms with Crippen LogP contribution in [0.3, 0.4) is 0 Å². The summed E-state index contributed by atoms with van der Waals surface area (Å²) in [5, 5.41) is 3.92. The summed E-state index contributed by atoms with van der Waals surface area (Å²) in [6, 6.07) is 3.46. The van der Waals surface area contributed by atoms with Crippen molar-refractivity contribution in [1.82, 2.24) is 10.3 Å². The molecule has 0 spiro atoms. The third kappa shape index (κ3) is 3.22. The molecule has 2 aliphatic heterocycles. The zero-order chi connectivity index (χ0) is 17.3. The molecule has 1 aromatic carbocycles. The molecule has 0 bridgehead atoms. The number of benzene rings is 1. The van der Waals surface area contributed by atoms with Crippen molar-refractivity contribution in [2.75, 3.05) is 19.6 Å². The molecule has 130 valence electrons. The summed E-state index contributed by atoms with van der Waals surface area (Å²) < 4.78 is 53.1. The van der Waals surface area contributed by atoms with Crippen molar-refractivity contribution in [3.63, 3.8) is 0 Å². The molecule has 0 saturated carbocycles. The molecule has 2 aliphatic rings. The quantitative estimate of drug-likeness (QED) is 0.840. The van der Waals surface area contributed by atoms with Crippen molar-refractivity contribution in [2.45, 2.75) is 31.4 Å². The van der Waals surface area contributed by atoms with Gasteiger partial charge in [0.2, 0.25) is 0 Å². The number of carbonyl (C=O) groups excluding carboxylic acids is 1. The number of nitrogens with one attached hydrogen (secondary N) is 1. The number of likely N-dealkylation sites (tertiary alicyclic amines) is 1. The molecule has 1 saturated heterocycles. The molecule has 2 heterocycles. The fourth-order valence-electron chi connectivity index (χ4n) is 3.29. The normalized spacial score (nSPS) is 19.2. The van der Waals surface area contributed by atoms with E-state index in [1.165, 1.54) is 12.1 Å². The van der Waals surface area contributed by atoms with Gasteiger partial charge in [0.1, 0.15) is 11.5 Å². The van der Waals surface area contributed by atoms with Gasteiger partial charge in [0.25, 0.3) is 5.91 Å². The number of hydrogen-bond acceptors (Lipinski definition) is 3. The lowest BCUT2D eigenvalue weighted by atomic mass is 9.86. The lowest BCUT2D eigenvalue weighted by Gasteiger charge is -2.33. The van der Waals surface area contributed by atoms with Gasteiger partial charge in [-0.15, -0.1) is 0 Å². The lowest BCUT2D eigenvalue weighted by Crippen LogP contribution is -2.41. The predicted molar refractivity (Wildman–Crippen MR) is 80.0 cm³/mol. The second kappa shape index (κ2) is 6.41. The van der Waals surface area contributed by atoms with Gasteiger partial charge in [0.15, 0.2) is 0 Å². The average Bonchev–Trinajstić information content (AvgIpc) is 3.07. The molecular weight excluding hydrogens is 326 g/mol. The Labute approximate surface area is 136 Å². The molecule has 24 heavy (non-hydrogen) atoms. The third-order valence-corrected chi connectivity index (χ3v) is 4.49. The van der Waals surface area contributed by atoms with Crippen LogP contribution >= 0.6 is 0 Å². The molecule has 0 atom stereocenters. The van der Waals surface area contributed by atoms with Crippen molar-refractivity contribution < 1.29 is 22.4 Å². The highest BCUT2D eigenvalue weighted by Gasteiger charge is 2.39. The van der Waals surface area contributed by atoms with Gasteiger partial charge in [-0.05, 0) is 30.4 Å². The lowest BCUT2D eigenvalue weighted by molar-refractivity contribution is -0.141. The molecule has 1 amide bonds. The van der Waals surface area contributed by atoms with Gasteiger partial charge in [0, 0.05) is 26.1 Å². The van der Waals surface area contributed by atoms with Crippen molar-refractivity contribution in [3.05, 3.63) is 35.1 Å². The first-order valence-electron chi connectivity index (χ1n) is 7.82. The molecule has 1 aromatic rings. The van der Waals surface area contributed by atoms with E-state index in [4.69, 9.17) is 0 Å². The highest BCUT2D eigenvalue weighted by Crippen LogP contribution is 2.40. The molecular formula is C16H17F4N3O. The van der Waals surface area contributed by atoms with Crippen molar-refractivity contribution in [1.29, 1.82) is 0 Å². The maximum absolute atomic E-state index is 13.7. The second-order valence-corrected chi connectivity index (χ2v) is 5.98. The molecule has 0 radical (unpaired) electrons. The van der Waals surface area contributed by atoms with Gasteiger partial charge in [-0.2, -0.15) is 18.3 Å². The number of nitrogens with zero attached hydrogens (tertiary/aromatic N) is 2. The van der Waals surface area contributed by atoms with E-state index in [1.807, 2.05) is 0 Å². The molecule has 1 N–H and O–H groups in total. The minimum Gasteiger partial charge on any atom is -0.338 e. The minimum atomic E-state index is -4.72. The zero-order valence-corrected chi connectivity index (χ0v) is 12.9. The van der Waals surface area contributed by atoms with E-state index in [9.17, 15) is 22.4 Å². The Bertz CT molecular complexity index is 664. The predicted octanol–water partition coefficient (Wildman–Crippen LogP) is 2.90. The first-order valence-corrected chi connectivity index (χ1v) is 7.82. The van der Waals surface area contributed by atoms with E-state index in [0.29, 0.717) is 44.6 Å². The van der Waals surface area contributed by atoms with Crippen LogP contribution < -0.4 is 5.43 Å². The average molecular weight is 343 g/mol. The number of carbonyl (C=O) groups is 1. The Morgan fingerprint density at radius 2 is 1.96 bits per heavy atom. The Morgan fingerprint density at radius 1 is 1.25 bits per heavy atom. The second-order valence-electron chi connectivity index (χ2n) is 5.98. The summed E-state index contributed by atoms with van der Waals surface area (Å²) in [7, 11) is 0. The summed E-state index contributed by atoms with van der Waals surface area (Å²) in [5.41, 5.74) is 1.98. The molecule has 0 aromatic heterocycles. The Morgan fingerprint density at radius 3 is 2.54 bits per heavy atom. The van der Waals surface area contributed by atoms with Gasteiger partial charge < -0.3 is 10.3 Å². The Hall–Kier alpha value is -2.12. The molecule has 0 unspecified atom stereocenters. The number of amides is 1. The Balaban J connectivity index is 1.74. The molecule has 0 aliphatic carbocycles. The first kappa shape index (κ1) is 16.7. The van der Waals surface area contributed by atoms with Crippen LogP contribution in [0.2, 0.25) is 0 Å². The number of hydrazone groups is 1. The number of rotatable bonds is 2. The van der Waals surface area contributed by atoms with Crippen LogP contribution in [-0.2, 0) is 11.0 Å². The van der Waals surface area contributed by atoms with Gasteiger partial charge in [-0.3, -0.25) is 4.79 Å². The van der Waals surface area contributed by atoms with Crippen molar-refractivity contribution in [2.24, 2.45) is 5.10 Å². The topological polar surface area (TPSA) is 44.7 Å². The molecule has 3 rings (SSSR count). The molecule has 8 heteroatoms. The van der Waals surface area contributed by atoms with Crippen molar-refractivity contribution >= 4 is 11.6 Å². The van der Waals surface area contributed by atoms with Crippen LogP contribution in [0.25, 0.3) is 0 Å². The largest absolute Gasteiger partial charge is 0.419 e. The first-order chi connectivity index (χ1) is 11.4. The summed E-state index contributed by atoms with van der Waals surface area (Å²) in [6.45, 7) is 1.31. The van der Waals surface area contributed by atoms with E-state index >= 15 is 0 Å². The van der Waals surface area contributed by atoms with E-state index in [2.05, 4.69) is 10.5 Å². The van der Waals surface area contributed by atoms with Gasteiger partial charge in [-0.1, -0.05) is 12.1 Å². The molecule has 1 fully saturated rings. The Kier molecular flexibility index (Phi) is 4.47. The van der Waals surface area contributed by atoms with E-state index in [-0.39, 0.29) is 11.5 Å². The maximum atomic E-state index is 13.7. The maximum Gasteiger partial charge on any atom is 0.419 e. The summed E-state index contributed by atoms with van der Waals surface area (Å²) in [4.78, 5) is 13.8. The SMILES string of the molecule is O=C(C1=NNCC1)N1CCC(c2cccc(F)c2C(F)(F)F)CC1. The minimum absolute atomic E-state index is 0.0190. The highest BCUT2D eigenvalue weighted by atomic mass is 19.4. The molecule has 4 nitrogen and oxygen atoms in total. The third-order valence-electron chi connectivity index (χ3n) is 4.49. The van der Waals surface area contributed by atoms with E-state index < -0.39 is 23.5 Å². The van der Waals surface area contributed by atoms with Crippen LogP contribution in [0.15, 0.2) is 23.3 Å². The smallest absolute Gasteiger partial charge is 0.338 e. The van der Waals surface area contributed by atoms with Crippen LogP contribution in [0.5, 0.6) is 0 Å². The van der Waals surface area contributed by atoms with E-state index in [1.54, 1.807) is 4.90 Å². The van der Waals surface area contributed by atoms with Crippen molar-refractivity contribution in [3.8, 4) is 0 Å². The van der Waals surface area contributed by atoms with Gasteiger partial charge >= 0.3 is 6.18 Å². The fourth-order valence-corrected chi connectivity index (χ4v) is 3.29. The van der Waals surface area contributed by atoms with E-state index in [0.717, 1.165) is 6.07 Å². The zero-order valence-electron chi connectivity index (χ0n) is 12.9. The van der Waals surface area contributed by atoms with Crippen LogP contribution in [0.4, 0.5) is 17.6 Å². The standard InChI is InChI=1S/C16H17F4N3O/c17-12-3-1-2-11(14(12)16(18,19)20)10-5-8-23(9-6-10)15(24)13-4-7-21-22-13/h1-3,10,21H,4-9H2. The van der Waals surface area contributed by atoms with Crippen LogP contribution in [-0.4, -0.2) is 36.2 Å². The summed E-state index contributed by atoms with van der Waals surface area (Å²) in [6.07, 6.45) is -3.42. The van der Waals surface area contributed by atoms with Crippen LogP contribution in [0.1, 0.15) is 36.3 Å². The summed E-state index contributed by atoms with van der Waals surface area (Å²) in [5.74, 6) is -1.83. The number of hydrogen-bond donors (Lipinski definition) is 1. The number of halogens is 4. The highest BCUT2D eigenvalue weighted by molar-refractivity contribution is 6.39. The number of alkyl halides is 3. The van der Waals surface area contributed by atoms with Gasteiger partial charge in [-0.25, -0.2) is 4.39 Å². The van der Waals surface area contributed by atoms with Gasteiger partial charge in [0.05, 0.1) is 5.56 Å². The number of piperidine rings is 1. The van der Waals surface area contributed by atoms with Crippen LogP contribution in [0, 0.1) is 5.82 Å². The monoisotopic (exact) mass is 343 g/mol. The summed E-state index contributed by atoms with van der Waals surface area (Å²) >= 11 is 0. The fraction of sp³-hybridized carbons (Fsp3) is 0.500.